The van der Waals surface area contributed by atoms with Crippen LogP contribution in [0.3, 0.4) is 0 Å². The Balaban J connectivity index is 1.23. The van der Waals surface area contributed by atoms with E-state index in [0.29, 0.717) is 37.4 Å². The molecule has 2 saturated heterocycles. The molecular formula is C21H23N3O4. The molecule has 146 valence electrons. The van der Waals surface area contributed by atoms with E-state index in [9.17, 15) is 14.7 Å². The molecule has 28 heavy (non-hydrogen) atoms. The van der Waals surface area contributed by atoms with Crippen molar-refractivity contribution in [1.82, 2.24) is 15.2 Å². The van der Waals surface area contributed by atoms with Crippen molar-refractivity contribution < 1.29 is 19.4 Å². The summed E-state index contributed by atoms with van der Waals surface area (Å²) in [7, 11) is 0. The van der Waals surface area contributed by atoms with Gasteiger partial charge in [0.15, 0.2) is 0 Å². The van der Waals surface area contributed by atoms with Gasteiger partial charge in [-0.2, -0.15) is 0 Å². The summed E-state index contributed by atoms with van der Waals surface area (Å²) < 4.78 is 6.09. The lowest BCUT2D eigenvalue weighted by Crippen LogP contribution is -2.66. The van der Waals surface area contributed by atoms with E-state index in [1.54, 1.807) is 47.6 Å². The minimum Gasteiger partial charge on any atom is -0.508 e. The van der Waals surface area contributed by atoms with Gasteiger partial charge in [-0.15, -0.1) is 0 Å². The van der Waals surface area contributed by atoms with Crippen molar-refractivity contribution in [1.29, 1.82) is 0 Å². The molecule has 0 saturated carbocycles. The number of ether oxygens (including phenoxy) is 1. The van der Waals surface area contributed by atoms with Crippen LogP contribution in [-0.4, -0.2) is 58.6 Å². The zero-order chi connectivity index (χ0) is 19.6. The number of carbonyl (C=O) groups excluding carboxylic acids is 2. The van der Waals surface area contributed by atoms with Gasteiger partial charge in [0.1, 0.15) is 11.4 Å². The van der Waals surface area contributed by atoms with E-state index < -0.39 is 0 Å². The third-order valence-corrected chi connectivity index (χ3v) is 5.47. The van der Waals surface area contributed by atoms with E-state index in [4.69, 9.17) is 4.74 Å². The molecule has 1 aromatic carbocycles. The second kappa shape index (κ2) is 7.59. The van der Waals surface area contributed by atoms with Crippen LogP contribution in [0, 0.1) is 5.92 Å². The number of likely N-dealkylation sites (tertiary alicyclic amines) is 1. The first-order valence-electron chi connectivity index (χ1n) is 9.45. The zero-order valence-electron chi connectivity index (χ0n) is 15.5. The van der Waals surface area contributed by atoms with Crippen LogP contribution in [0.25, 0.3) is 0 Å². The molecule has 1 aromatic heterocycles. The molecule has 2 fully saturated rings. The van der Waals surface area contributed by atoms with Crippen molar-refractivity contribution in [2.75, 3.05) is 26.2 Å². The Hall–Kier alpha value is -2.93. The summed E-state index contributed by atoms with van der Waals surface area (Å²) in [6, 6.07) is 9.78. The topological polar surface area (TPSA) is 91.8 Å². The van der Waals surface area contributed by atoms with Gasteiger partial charge in [-0.05, 0) is 49.1 Å². The lowest BCUT2D eigenvalue weighted by atomic mass is 9.82. The van der Waals surface area contributed by atoms with Gasteiger partial charge in [0.05, 0.1) is 19.7 Å². The number of pyridine rings is 1. The van der Waals surface area contributed by atoms with E-state index in [-0.39, 0.29) is 29.1 Å². The number of carbonyl (C=O) groups is 2. The molecule has 2 N–H and O–H groups in total. The van der Waals surface area contributed by atoms with Crippen molar-refractivity contribution in [3.05, 3.63) is 59.9 Å². The van der Waals surface area contributed by atoms with Crippen LogP contribution in [0.2, 0.25) is 0 Å². The number of amides is 2. The number of phenols is 1. The second-order valence-corrected chi connectivity index (χ2v) is 7.56. The fraction of sp³-hybridized carbons (Fsp3) is 0.381. The van der Waals surface area contributed by atoms with Crippen LogP contribution >= 0.6 is 0 Å². The Labute approximate surface area is 163 Å². The fourth-order valence-electron chi connectivity index (χ4n) is 3.78. The monoisotopic (exact) mass is 381 g/mol. The highest BCUT2D eigenvalue weighted by atomic mass is 16.5. The predicted octanol–water partition coefficient (Wildman–Crippen LogP) is 1.84. The van der Waals surface area contributed by atoms with E-state index in [1.165, 1.54) is 6.07 Å². The second-order valence-electron chi connectivity index (χ2n) is 7.56. The lowest BCUT2D eigenvalue weighted by Gasteiger charge is -2.52. The molecule has 2 aliphatic rings. The summed E-state index contributed by atoms with van der Waals surface area (Å²) in [5.41, 5.74) is 0.823. The van der Waals surface area contributed by atoms with Crippen LogP contribution in [-0.2, 0) is 4.74 Å². The number of nitrogens with zero attached hydrogens (tertiary/aromatic N) is 2. The number of aromatic nitrogens is 1. The van der Waals surface area contributed by atoms with E-state index >= 15 is 0 Å². The molecule has 4 rings (SSSR count). The first-order valence-corrected chi connectivity index (χ1v) is 9.45. The van der Waals surface area contributed by atoms with Crippen molar-refractivity contribution in [2.24, 2.45) is 5.92 Å². The van der Waals surface area contributed by atoms with Gasteiger partial charge in [0.2, 0.25) is 0 Å². The summed E-state index contributed by atoms with van der Waals surface area (Å²) in [6.45, 7) is 2.28. The highest BCUT2D eigenvalue weighted by molar-refractivity contribution is 5.95. The average molecular weight is 381 g/mol. The Morgan fingerprint density at radius 3 is 2.68 bits per heavy atom. The summed E-state index contributed by atoms with van der Waals surface area (Å²) in [5, 5.41) is 12.5. The molecule has 0 unspecified atom stereocenters. The Morgan fingerprint density at radius 1 is 1.21 bits per heavy atom. The molecule has 3 heterocycles. The maximum atomic E-state index is 12.5. The van der Waals surface area contributed by atoms with Gasteiger partial charge in [0, 0.05) is 30.1 Å². The molecule has 1 spiro atoms. The summed E-state index contributed by atoms with van der Waals surface area (Å²) in [6.07, 6.45) is 5.02. The Kier molecular flexibility index (Phi) is 5.00. The zero-order valence-corrected chi connectivity index (χ0v) is 15.5. The van der Waals surface area contributed by atoms with Crippen LogP contribution in [0.5, 0.6) is 5.75 Å². The number of aromatic hydroxyl groups is 1. The van der Waals surface area contributed by atoms with Gasteiger partial charge in [-0.1, -0.05) is 6.07 Å². The Morgan fingerprint density at radius 2 is 2.00 bits per heavy atom. The van der Waals surface area contributed by atoms with E-state index in [1.807, 2.05) is 0 Å². The van der Waals surface area contributed by atoms with Gasteiger partial charge in [0.25, 0.3) is 11.8 Å². The van der Waals surface area contributed by atoms with Crippen LogP contribution < -0.4 is 5.32 Å². The average Bonchev–Trinajstić information content (AvgIpc) is 2.71. The molecule has 7 heteroatoms. The molecule has 2 aromatic rings. The van der Waals surface area contributed by atoms with E-state index in [2.05, 4.69) is 10.3 Å². The number of benzene rings is 1. The summed E-state index contributed by atoms with van der Waals surface area (Å²) >= 11 is 0. The maximum Gasteiger partial charge on any atom is 0.254 e. The lowest BCUT2D eigenvalue weighted by molar-refractivity contribution is -0.166. The molecular weight excluding hydrogens is 358 g/mol. The minimum absolute atomic E-state index is 0.0862. The first-order chi connectivity index (χ1) is 13.5. The molecule has 1 atom stereocenters. The molecule has 2 amide bonds. The van der Waals surface area contributed by atoms with Gasteiger partial charge >= 0.3 is 0 Å². The number of hydrogen-bond donors (Lipinski definition) is 2. The third kappa shape index (κ3) is 3.84. The molecule has 0 bridgehead atoms. The van der Waals surface area contributed by atoms with Gasteiger partial charge < -0.3 is 20.1 Å². The molecule has 2 aliphatic heterocycles. The third-order valence-electron chi connectivity index (χ3n) is 5.47. The molecule has 7 nitrogen and oxygen atoms in total. The quantitative estimate of drug-likeness (QED) is 0.843. The van der Waals surface area contributed by atoms with Crippen LogP contribution in [0.1, 0.15) is 33.6 Å². The fourth-order valence-corrected chi connectivity index (χ4v) is 3.78. The van der Waals surface area contributed by atoms with E-state index in [0.717, 1.165) is 12.8 Å². The van der Waals surface area contributed by atoms with Gasteiger partial charge in [-0.25, -0.2) is 0 Å². The standard InChI is InChI=1S/C21H23N3O4/c25-18-3-1-2-17(10-18)20(27)24-13-21(14-24)7-4-15(12-28-21)11-23-19(26)16-5-8-22-9-6-16/h1-3,5-6,8-10,15,25H,4,7,11-14H2,(H,23,26)/t15-/m1/s1. The SMILES string of the molecule is O=C(NC[C@H]1CCC2(CN(C(=O)c3cccc(O)c3)C2)OC1)c1ccncc1. The van der Waals surface area contributed by atoms with Crippen molar-refractivity contribution in [3.63, 3.8) is 0 Å². The maximum absolute atomic E-state index is 12.5. The normalized spacial score (nSPS) is 20.4. The smallest absolute Gasteiger partial charge is 0.254 e. The summed E-state index contributed by atoms with van der Waals surface area (Å²) in [5.74, 6) is 0.171. The largest absolute Gasteiger partial charge is 0.508 e. The highest BCUT2D eigenvalue weighted by Gasteiger charge is 2.48. The van der Waals surface area contributed by atoms with Crippen molar-refractivity contribution in [3.8, 4) is 5.75 Å². The van der Waals surface area contributed by atoms with Crippen LogP contribution in [0.4, 0.5) is 0 Å². The molecule has 0 aliphatic carbocycles. The number of rotatable bonds is 4. The van der Waals surface area contributed by atoms with Crippen molar-refractivity contribution >= 4 is 11.8 Å². The number of hydrogen-bond acceptors (Lipinski definition) is 5. The number of nitrogens with one attached hydrogen (secondary N) is 1. The summed E-state index contributed by atoms with van der Waals surface area (Å²) in [4.78, 5) is 30.3. The predicted molar refractivity (Wildman–Crippen MR) is 102 cm³/mol. The van der Waals surface area contributed by atoms with Crippen molar-refractivity contribution in [2.45, 2.75) is 18.4 Å². The first kappa shape index (κ1) is 18.4. The number of phenolic OH excluding ortho intramolecular Hbond substituents is 1. The minimum atomic E-state index is -0.266. The van der Waals surface area contributed by atoms with Crippen LogP contribution in [0.15, 0.2) is 48.8 Å². The van der Waals surface area contributed by atoms with Gasteiger partial charge in [-0.3, -0.25) is 14.6 Å². The highest BCUT2D eigenvalue weighted by Crippen LogP contribution is 2.36. The molecule has 0 radical (unpaired) electrons. The Bertz CT molecular complexity index is 855.